The Labute approximate surface area is 108 Å². The summed E-state index contributed by atoms with van der Waals surface area (Å²) < 4.78 is 0. The van der Waals surface area contributed by atoms with E-state index in [0.29, 0.717) is 23.0 Å². The van der Waals surface area contributed by atoms with E-state index in [1.165, 1.54) is 6.42 Å². The monoisotopic (exact) mass is 242 g/mol. The molecule has 0 spiro atoms. The van der Waals surface area contributed by atoms with E-state index in [2.05, 4.69) is 19.9 Å². The summed E-state index contributed by atoms with van der Waals surface area (Å²) in [5.41, 5.74) is 1.16. The molecule has 2 unspecified atom stereocenters. The van der Waals surface area contributed by atoms with Crippen molar-refractivity contribution in [3.63, 3.8) is 0 Å². The van der Waals surface area contributed by atoms with E-state index >= 15 is 0 Å². The molecule has 2 rings (SSSR count). The smallest absolute Gasteiger partial charge is 0.253 e. The number of nitriles is 1. The average molecular weight is 242 g/mol. The minimum absolute atomic E-state index is 0.0468. The zero-order valence-electron chi connectivity index (χ0n) is 10.9. The van der Waals surface area contributed by atoms with Crippen molar-refractivity contribution in [2.75, 3.05) is 13.1 Å². The Morgan fingerprint density at radius 3 is 2.61 bits per heavy atom. The third-order valence-electron chi connectivity index (χ3n) is 3.39. The second-order valence-corrected chi connectivity index (χ2v) is 5.35. The van der Waals surface area contributed by atoms with Crippen molar-refractivity contribution in [2.24, 2.45) is 11.8 Å². The first-order valence-electron chi connectivity index (χ1n) is 6.39. The summed E-state index contributed by atoms with van der Waals surface area (Å²) in [5.74, 6) is 1.15. The Morgan fingerprint density at radius 2 is 2.00 bits per heavy atom. The van der Waals surface area contributed by atoms with E-state index in [9.17, 15) is 4.79 Å². The number of rotatable bonds is 1. The van der Waals surface area contributed by atoms with Gasteiger partial charge in [-0.1, -0.05) is 19.9 Å². The second kappa shape index (κ2) is 5.22. The molecule has 3 nitrogen and oxygen atoms in total. The molecule has 18 heavy (non-hydrogen) atoms. The van der Waals surface area contributed by atoms with Crippen molar-refractivity contribution < 1.29 is 4.79 Å². The zero-order chi connectivity index (χ0) is 13.1. The van der Waals surface area contributed by atoms with E-state index < -0.39 is 0 Å². The third-order valence-corrected chi connectivity index (χ3v) is 3.39. The maximum atomic E-state index is 12.4. The van der Waals surface area contributed by atoms with Gasteiger partial charge in [-0.3, -0.25) is 4.79 Å². The van der Waals surface area contributed by atoms with E-state index in [0.717, 1.165) is 13.1 Å². The number of benzene rings is 1. The van der Waals surface area contributed by atoms with Gasteiger partial charge in [-0.2, -0.15) is 5.26 Å². The largest absolute Gasteiger partial charge is 0.338 e. The van der Waals surface area contributed by atoms with Crippen LogP contribution in [-0.2, 0) is 0 Å². The molecule has 1 aliphatic rings. The van der Waals surface area contributed by atoms with Gasteiger partial charge in [0.1, 0.15) is 0 Å². The molecule has 0 aliphatic carbocycles. The number of likely N-dealkylation sites (tertiary alicyclic amines) is 1. The van der Waals surface area contributed by atoms with Crippen LogP contribution >= 0.6 is 0 Å². The summed E-state index contributed by atoms with van der Waals surface area (Å²) in [4.78, 5) is 14.3. The Kier molecular flexibility index (Phi) is 3.66. The first-order chi connectivity index (χ1) is 8.60. The number of piperidine rings is 1. The highest BCUT2D eigenvalue weighted by atomic mass is 16.2. The number of nitrogens with zero attached hydrogens (tertiary/aromatic N) is 2. The van der Waals surface area contributed by atoms with Gasteiger partial charge in [-0.15, -0.1) is 0 Å². The molecule has 1 aromatic carbocycles. The van der Waals surface area contributed by atoms with Crippen LogP contribution in [0.5, 0.6) is 0 Å². The van der Waals surface area contributed by atoms with Gasteiger partial charge in [0, 0.05) is 18.7 Å². The lowest BCUT2D eigenvalue weighted by Gasteiger charge is -2.35. The van der Waals surface area contributed by atoms with Crippen LogP contribution < -0.4 is 0 Å². The molecule has 1 heterocycles. The molecule has 2 atom stereocenters. The lowest BCUT2D eigenvalue weighted by atomic mass is 9.91. The highest BCUT2D eigenvalue weighted by Crippen LogP contribution is 2.22. The molecule has 0 aromatic heterocycles. The van der Waals surface area contributed by atoms with Crippen LogP contribution in [0.1, 0.15) is 36.2 Å². The zero-order valence-corrected chi connectivity index (χ0v) is 10.9. The third kappa shape index (κ3) is 2.70. The fourth-order valence-electron chi connectivity index (χ4n) is 2.73. The number of carbonyl (C=O) groups is 1. The van der Waals surface area contributed by atoms with Crippen molar-refractivity contribution in [1.82, 2.24) is 4.90 Å². The molecule has 0 N–H and O–H groups in total. The van der Waals surface area contributed by atoms with Crippen molar-refractivity contribution in [1.29, 1.82) is 5.26 Å². The van der Waals surface area contributed by atoms with Gasteiger partial charge < -0.3 is 4.90 Å². The predicted molar refractivity (Wildman–Crippen MR) is 70.0 cm³/mol. The summed E-state index contributed by atoms with van der Waals surface area (Å²) in [6.07, 6.45) is 1.18. The van der Waals surface area contributed by atoms with Crippen LogP contribution in [-0.4, -0.2) is 23.9 Å². The van der Waals surface area contributed by atoms with Gasteiger partial charge in [-0.05, 0) is 36.5 Å². The average Bonchev–Trinajstić information content (AvgIpc) is 2.37. The quantitative estimate of drug-likeness (QED) is 0.760. The van der Waals surface area contributed by atoms with Crippen LogP contribution in [0.2, 0.25) is 0 Å². The minimum Gasteiger partial charge on any atom is -0.338 e. The summed E-state index contributed by atoms with van der Waals surface area (Å²) in [5, 5.41) is 8.86. The summed E-state index contributed by atoms with van der Waals surface area (Å²) in [6, 6.07) is 9.02. The van der Waals surface area contributed by atoms with E-state index in [1.807, 2.05) is 4.90 Å². The predicted octanol–water partition coefficient (Wildman–Crippen LogP) is 2.68. The highest BCUT2D eigenvalue weighted by molar-refractivity contribution is 5.94. The molecular weight excluding hydrogens is 224 g/mol. The summed E-state index contributed by atoms with van der Waals surface area (Å²) >= 11 is 0. The SMILES string of the molecule is CC1CC(C)CN(C(=O)c2cccc(C#N)c2)C1. The Hall–Kier alpha value is -1.82. The van der Waals surface area contributed by atoms with Gasteiger partial charge in [0.05, 0.1) is 11.6 Å². The molecule has 1 aliphatic heterocycles. The molecule has 1 saturated heterocycles. The molecule has 0 bridgehead atoms. The standard InChI is InChI=1S/C15H18N2O/c1-11-6-12(2)10-17(9-11)15(18)14-5-3-4-13(7-14)8-16/h3-5,7,11-12H,6,9-10H2,1-2H3. The van der Waals surface area contributed by atoms with Crippen molar-refractivity contribution in [3.8, 4) is 6.07 Å². The maximum Gasteiger partial charge on any atom is 0.253 e. The fraction of sp³-hybridized carbons (Fsp3) is 0.467. The van der Waals surface area contributed by atoms with Crippen LogP contribution in [0.15, 0.2) is 24.3 Å². The van der Waals surface area contributed by atoms with Crippen LogP contribution in [0.3, 0.4) is 0 Å². The topological polar surface area (TPSA) is 44.1 Å². The minimum atomic E-state index is 0.0468. The van der Waals surface area contributed by atoms with Gasteiger partial charge in [0.15, 0.2) is 0 Å². The summed E-state index contributed by atoms with van der Waals surface area (Å²) in [6.45, 7) is 6.00. The van der Waals surface area contributed by atoms with E-state index in [4.69, 9.17) is 5.26 Å². The van der Waals surface area contributed by atoms with Gasteiger partial charge >= 0.3 is 0 Å². The van der Waals surface area contributed by atoms with Gasteiger partial charge in [-0.25, -0.2) is 0 Å². The molecule has 94 valence electrons. The normalized spacial score (nSPS) is 23.5. The first-order valence-corrected chi connectivity index (χ1v) is 6.39. The Balaban J connectivity index is 2.18. The lowest BCUT2D eigenvalue weighted by Crippen LogP contribution is -2.42. The number of amides is 1. The van der Waals surface area contributed by atoms with Gasteiger partial charge in [0.2, 0.25) is 0 Å². The molecule has 1 aromatic rings. The highest BCUT2D eigenvalue weighted by Gasteiger charge is 2.26. The molecule has 0 saturated carbocycles. The number of carbonyl (C=O) groups excluding carboxylic acids is 1. The fourth-order valence-corrected chi connectivity index (χ4v) is 2.73. The van der Waals surface area contributed by atoms with Crippen LogP contribution in [0, 0.1) is 23.2 Å². The van der Waals surface area contributed by atoms with E-state index in [1.54, 1.807) is 24.3 Å². The number of hydrogen-bond donors (Lipinski definition) is 0. The van der Waals surface area contributed by atoms with Crippen molar-refractivity contribution in [2.45, 2.75) is 20.3 Å². The lowest BCUT2D eigenvalue weighted by molar-refractivity contribution is 0.0623. The van der Waals surface area contributed by atoms with Crippen LogP contribution in [0.4, 0.5) is 0 Å². The number of hydrogen-bond acceptors (Lipinski definition) is 2. The van der Waals surface area contributed by atoms with Crippen molar-refractivity contribution in [3.05, 3.63) is 35.4 Å². The van der Waals surface area contributed by atoms with Gasteiger partial charge in [0.25, 0.3) is 5.91 Å². The van der Waals surface area contributed by atoms with Crippen molar-refractivity contribution >= 4 is 5.91 Å². The summed E-state index contributed by atoms with van der Waals surface area (Å²) in [7, 11) is 0. The van der Waals surface area contributed by atoms with E-state index in [-0.39, 0.29) is 5.91 Å². The molecular formula is C15H18N2O. The maximum absolute atomic E-state index is 12.4. The molecule has 1 fully saturated rings. The Bertz CT molecular complexity index is 480. The molecule has 3 heteroatoms. The van der Waals surface area contributed by atoms with Crippen LogP contribution in [0.25, 0.3) is 0 Å². The second-order valence-electron chi connectivity index (χ2n) is 5.35. The molecule has 0 radical (unpaired) electrons. The first kappa shape index (κ1) is 12.6. The Morgan fingerprint density at radius 1 is 1.33 bits per heavy atom. The molecule has 1 amide bonds.